The van der Waals surface area contributed by atoms with E-state index in [1.54, 1.807) is 6.07 Å². The summed E-state index contributed by atoms with van der Waals surface area (Å²) < 4.78 is 0. The van der Waals surface area contributed by atoms with Gasteiger partial charge >= 0.3 is 0 Å². The van der Waals surface area contributed by atoms with E-state index in [0.29, 0.717) is 5.76 Å². The van der Waals surface area contributed by atoms with E-state index in [1.807, 2.05) is 6.07 Å². The fraction of sp³-hybridized carbons (Fsp3) is 0.667. The van der Waals surface area contributed by atoms with Gasteiger partial charge in [0.25, 0.3) is 0 Å². The highest BCUT2D eigenvalue weighted by Crippen LogP contribution is 2.69. The second-order valence-electron chi connectivity index (χ2n) is 14.4. The molecule has 1 aromatic rings. The maximum atomic E-state index is 12.2. The summed E-state index contributed by atoms with van der Waals surface area (Å²) in [7, 11) is 0. The first kappa shape index (κ1) is 26.6. The Morgan fingerprint density at radius 3 is 1.53 bits per heavy atom. The smallest absolute Gasteiger partial charge is 0.123 e. The molecule has 0 aromatic heterocycles. The highest BCUT2D eigenvalue weighted by Gasteiger charge is 2.62. The summed E-state index contributed by atoms with van der Waals surface area (Å²) >= 11 is 0. The Hall–Kier alpha value is -1.70. The summed E-state index contributed by atoms with van der Waals surface area (Å²) in [5, 5.41) is 23.3. The van der Waals surface area contributed by atoms with Crippen molar-refractivity contribution in [2.24, 2.45) is 27.1 Å². The van der Waals surface area contributed by atoms with Crippen molar-refractivity contribution in [1.82, 2.24) is 0 Å². The molecular formula is C30H48O2. The second-order valence-corrected chi connectivity index (χ2v) is 14.4. The minimum atomic E-state index is -0.551. The molecule has 0 unspecified atom stereocenters. The van der Waals surface area contributed by atoms with Gasteiger partial charge in [-0.2, -0.15) is 0 Å². The number of hydrogen-bond donors (Lipinski definition) is 2. The van der Waals surface area contributed by atoms with E-state index >= 15 is 0 Å². The van der Waals surface area contributed by atoms with Crippen LogP contribution < -0.4 is 0 Å². The molecule has 0 spiro atoms. The molecule has 0 heterocycles. The Balaban J connectivity index is 3.17. The van der Waals surface area contributed by atoms with Crippen molar-refractivity contribution >= 4 is 5.57 Å². The molecule has 0 saturated heterocycles. The van der Waals surface area contributed by atoms with Crippen LogP contribution in [-0.2, 0) is 5.41 Å². The molecular weight excluding hydrogens is 392 g/mol. The van der Waals surface area contributed by atoms with Crippen molar-refractivity contribution in [1.29, 1.82) is 0 Å². The van der Waals surface area contributed by atoms with Gasteiger partial charge in [-0.25, -0.2) is 0 Å². The van der Waals surface area contributed by atoms with E-state index in [9.17, 15) is 10.2 Å². The standard InChI is InChI=1S/C30H48O2/c1-25(2,3)19-16-15-17-21(31)22(19)23-20(26(4,5)6)18-30(27(7,8)9,28(10,11)12)29(13,14)24(23)32/h15-18,31-32H,1-14H3. The number of phenolic OH excluding ortho intramolecular Hbond substituents is 1. The molecule has 32 heavy (non-hydrogen) atoms. The van der Waals surface area contributed by atoms with Crippen LogP contribution in [0.25, 0.3) is 5.57 Å². The molecule has 0 aliphatic heterocycles. The summed E-state index contributed by atoms with van der Waals surface area (Å²) in [6, 6.07) is 5.73. The average Bonchev–Trinajstić information content (AvgIpc) is 2.53. The van der Waals surface area contributed by atoms with Crippen LogP contribution in [0.3, 0.4) is 0 Å². The number of aliphatic hydroxyl groups is 1. The number of allylic oxidation sites excluding steroid dienone is 4. The van der Waals surface area contributed by atoms with E-state index in [-0.39, 0.29) is 32.8 Å². The molecule has 1 aliphatic rings. The number of aromatic hydroxyl groups is 1. The minimum Gasteiger partial charge on any atom is -0.511 e. The first-order valence-corrected chi connectivity index (χ1v) is 12.0. The van der Waals surface area contributed by atoms with Gasteiger partial charge in [0.05, 0.1) is 0 Å². The number of hydrogen-bond acceptors (Lipinski definition) is 2. The third kappa shape index (κ3) is 3.82. The summed E-state index contributed by atoms with van der Waals surface area (Å²) in [4.78, 5) is 0. The molecule has 0 atom stereocenters. The summed E-state index contributed by atoms with van der Waals surface area (Å²) in [5.74, 6) is 0.603. The first-order chi connectivity index (χ1) is 14.0. The molecule has 2 nitrogen and oxygen atoms in total. The number of benzene rings is 1. The van der Waals surface area contributed by atoms with Crippen LogP contribution in [0, 0.1) is 27.1 Å². The van der Waals surface area contributed by atoms with Gasteiger partial charge < -0.3 is 10.2 Å². The zero-order valence-electron chi connectivity index (χ0n) is 23.2. The molecule has 2 N–H and O–H groups in total. The van der Waals surface area contributed by atoms with Crippen LogP contribution in [0.15, 0.2) is 35.6 Å². The van der Waals surface area contributed by atoms with Gasteiger partial charge in [0.15, 0.2) is 0 Å². The van der Waals surface area contributed by atoms with Gasteiger partial charge in [-0.1, -0.05) is 115 Å². The monoisotopic (exact) mass is 440 g/mol. The quantitative estimate of drug-likeness (QED) is 0.457. The fourth-order valence-electron chi connectivity index (χ4n) is 6.80. The van der Waals surface area contributed by atoms with E-state index < -0.39 is 5.41 Å². The van der Waals surface area contributed by atoms with Crippen molar-refractivity contribution in [3.05, 3.63) is 46.7 Å². The third-order valence-electron chi connectivity index (χ3n) is 7.72. The van der Waals surface area contributed by atoms with Gasteiger partial charge in [-0.3, -0.25) is 0 Å². The van der Waals surface area contributed by atoms with Crippen LogP contribution in [0.4, 0.5) is 0 Å². The maximum Gasteiger partial charge on any atom is 0.123 e. The zero-order valence-corrected chi connectivity index (χ0v) is 23.2. The fourth-order valence-corrected chi connectivity index (χ4v) is 6.80. The summed E-state index contributed by atoms with van der Waals surface area (Å²) in [6.45, 7) is 31.2. The van der Waals surface area contributed by atoms with Crippen molar-refractivity contribution in [2.75, 3.05) is 0 Å². The van der Waals surface area contributed by atoms with E-state index in [0.717, 1.165) is 22.3 Å². The van der Waals surface area contributed by atoms with E-state index in [1.165, 1.54) is 0 Å². The van der Waals surface area contributed by atoms with Gasteiger partial charge in [0, 0.05) is 22.0 Å². The predicted molar refractivity (Wildman–Crippen MR) is 139 cm³/mol. The van der Waals surface area contributed by atoms with Gasteiger partial charge in [-0.15, -0.1) is 0 Å². The van der Waals surface area contributed by atoms with Crippen LogP contribution in [0.2, 0.25) is 0 Å². The molecule has 2 rings (SSSR count). The summed E-state index contributed by atoms with van der Waals surface area (Å²) in [6.07, 6.45) is 2.46. The lowest BCUT2D eigenvalue weighted by Gasteiger charge is -2.63. The molecule has 0 radical (unpaired) electrons. The highest BCUT2D eigenvalue weighted by molar-refractivity contribution is 5.88. The van der Waals surface area contributed by atoms with Gasteiger partial charge in [0.1, 0.15) is 11.5 Å². The summed E-state index contributed by atoms with van der Waals surface area (Å²) in [5.41, 5.74) is 2.21. The van der Waals surface area contributed by atoms with Crippen LogP contribution >= 0.6 is 0 Å². The van der Waals surface area contributed by atoms with Gasteiger partial charge in [0.2, 0.25) is 0 Å². The molecule has 1 aromatic carbocycles. The lowest BCUT2D eigenvalue weighted by molar-refractivity contribution is -0.0868. The molecule has 180 valence electrons. The normalized spacial score (nSPS) is 19.8. The van der Waals surface area contributed by atoms with Crippen molar-refractivity contribution < 1.29 is 10.2 Å². The molecule has 0 amide bonds. The second kappa shape index (κ2) is 7.40. The Morgan fingerprint density at radius 2 is 1.16 bits per heavy atom. The third-order valence-corrected chi connectivity index (χ3v) is 7.72. The Labute approximate surface area is 197 Å². The Kier molecular flexibility index (Phi) is 6.14. The number of aliphatic hydroxyl groups excluding tert-OH is 1. The number of phenols is 1. The largest absolute Gasteiger partial charge is 0.511 e. The van der Waals surface area contributed by atoms with E-state index in [2.05, 4.69) is 109 Å². The molecule has 0 bridgehead atoms. The predicted octanol–water partition coefficient (Wildman–Crippen LogP) is 9.05. The minimum absolute atomic E-state index is 0.115. The molecule has 2 heteroatoms. The topological polar surface area (TPSA) is 40.5 Å². The molecule has 0 fully saturated rings. The lowest BCUT2D eigenvalue weighted by Crippen LogP contribution is -2.57. The van der Waals surface area contributed by atoms with Crippen molar-refractivity contribution in [2.45, 2.75) is 102 Å². The maximum absolute atomic E-state index is 12.2. The zero-order chi connectivity index (χ0) is 25.3. The Morgan fingerprint density at radius 1 is 0.688 bits per heavy atom. The van der Waals surface area contributed by atoms with Gasteiger partial charge in [-0.05, 0) is 38.9 Å². The lowest BCUT2D eigenvalue weighted by atomic mass is 9.41. The van der Waals surface area contributed by atoms with Crippen LogP contribution in [0.5, 0.6) is 5.75 Å². The Bertz CT molecular complexity index is 929. The van der Waals surface area contributed by atoms with Crippen molar-refractivity contribution in [3.8, 4) is 5.75 Å². The first-order valence-electron chi connectivity index (χ1n) is 12.0. The molecule has 1 aliphatic carbocycles. The van der Waals surface area contributed by atoms with Crippen LogP contribution in [0.1, 0.15) is 108 Å². The highest BCUT2D eigenvalue weighted by atomic mass is 16.3. The van der Waals surface area contributed by atoms with Crippen molar-refractivity contribution in [3.63, 3.8) is 0 Å². The van der Waals surface area contributed by atoms with Crippen LogP contribution in [-0.4, -0.2) is 10.2 Å². The van der Waals surface area contributed by atoms with E-state index in [4.69, 9.17) is 0 Å². The number of rotatable bonds is 1. The average molecular weight is 441 g/mol. The SMILES string of the molecule is CC(C)(C)C1=CC(C(C)(C)C)(C(C)(C)C)C(C)(C)C(O)=C1c1c(O)cccc1C(C)(C)C. The molecule has 0 saturated carbocycles.